The minimum atomic E-state index is -1.01. The van der Waals surface area contributed by atoms with Gasteiger partial charge in [0.15, 0.2) is 0 Å². The summed E-state index contributed by atoms with van der Waals surface area (Å²) in [7, 11) is 0. The van der Waals surface area contributed by atoms with E-state index in [2.05, 4.69) is 10.2 Å². The number of morpholine rings is 1. The molecule has 1 aromatic carbocycles. The Morgan fingerprint density at radius 3 is 2.85 bits per heavy atom. The van der Waals surface area contributed by atoms with Gasteiger partial charge in [0.25, 0.3) is 0 Å². The van der Waals surface area contributed by atoms with Crippen LogP contribution in [0.4, 0.5) is 5.69 Å². The van der Waals surface area contributed by atoms with Crippen molar-refractivity contribution in [1.82, 2.24) is 4.90 Å². The largest absolute Gasteiger partial charge is 0.478 e. The fraction of sp³-hybridized carbons (Fsp3) is 0.500. The standard InChI is InChI=1S/C14H19ClN2O3/c15-11-3-1-4-12(13(11)14(18)19)16-5-2-6-17-7-9-20-10-8-17/h1,3-4,16H,2,5-10H2,(H,18,19). The van der Waals surface area contributed by atoms with Crippen molar-refractivity contribution < 1.29 is 14.6 Å². The van der Waals surface area contributed by atoms with Crippen molar-refractivity contribution in [2.45, 2.75) is 6.42 Å². The van der Waals surface area contributed by atoms with E-state index in [1.54, 1.807) is 18.2 Å². The molecule has 5 nitrogen and oxygen atoms in total. The quantitative estimate of drug-likeness (QED) is 0.788. The number of hydrogen-bond donors (Lipinski definition) is 2. The third-order valence-electron chi connectivity index (χ3n) is 3.30. The molecule has 0 radical (unpaired) electrons. The Bertz CT molecular complexity index is 462. The summed E-state index contributed by atoms with van der Waals surface area (Å²) in [6, 6.07) is 5.08. The van der Waals surface area contributed by atoms with E-state index in [4.69, 9.17) is 21.4 Å². The molecule has 1 saturated heterocycles. The Kier molecular flexibility index (Phi) is 5.64. The maximum atomic E-state index is 11.2. The number of halogens is 1. The van der Waals surface area contributed by atoms with Gasteiger partial charge in [-0.15, -0.1) is 0 Å². The lowest BCUT2D eigenvalue weighted by molar-refractivity contribution is 0.0378. The normalized spacial score (nSPS) is 16.1. The van der Waals surface area contributed by atoms with Crippen molar-refractivity contribution in [2.75, 3.05) is 44.7 Å². The zero-order valence-corrected chi connectivity index (χ0v) is 12.0. The Morgan fingerprint density at radius 1 is 1.40 bits per heavy atom. The molecule has 0 atom stereocenters. The van der Waals surface area contributed by atoms with Crippen molar-refractivity contribution in [3.05, 3.63) is 28.8 Å². The lowest BCUT2D eigenvalue weighted by atomic mass is 10.1. The Hall–Kier alpha value is -1.30. The minimum Gasteiger partial charge on any atom is -0.478 e. The highest BCUT2D eigenvalue weighted by molar-refractivity contribution is 6.34. The first-order valence-electron chi connectivity index (χ1n) is 6.74. The zero-order valence-electron chi connectivity index (χ0n) is 11.3. The topological polar surface area (TPSA) is 61.8 Å². The maximum absolute atomic E-state index is 11.2. The van der Waals surface area contributed by atoms with Crippen LogP contribution in [0.1, 0.15) is 16.8 Å². The molecule has 0 aromatic heterocycles. The number of rotatable bonds is 6. The van der Waals surface area contributed by atoms with E-state index >= 15 is 0 Å². The third kappa shape index (κ3) is 4.10. The third-order valence-corrected chi connectivity index (χ3v) is 3.61. The van der Waals surface area contributed by atoms with Gasteiger partial charge >= 0.3 is 5.97 Å². The summed E-state index contributed by atoms with van der Waals surface area (Å²) in [6.45, 7) is 5.24. The van der Waals surface area contributed by atoms with Crippen LogP contribution in [-0.4, -0.2) is 55.4 Å². The van der Waals surface area contributed by atoms with Crippen molar-refractivity contribution in [1.29, 1.82) is 0 Å². The molecule has 2 N–H and O–H groups in total. The first kappa shape index (κ1) is 15.1. The number of nitrogens with one attached hydrogen (secondary N) is 1. The summed E-state index contributed by atoms with van der Waals surface area (Å²) in [6.07, 6.45) is 0.950. The molecular weight excluding hydrogens is 280 g/mol. The predicted octanol–water partition coefficient (Wildman–Crippen LogP) is 2.17. The molecule has 1 aromatic rings. The van der Waals surface area contributed by atoms with E-state index in [-0.39, 0.29) is 10.6 Å². The van der Waals surface area contributed by atoms with Crippen LogP contribution in [0.25, 0.3) is 0 Å². The molecule has 20 heavy (non-hydrogen) atoms. The second kappa shape index (κ2) is 7.47. The van der Waals surface area contributed by atoms with Gasteiger partial charge in [0.1, 0.15) is 5.56 Å². The van der Waals surface area contributed by atoms with Crippen LogP contribution in [0, 0.1) is 0 Å². The molecule has 2 rings (SSSR count). The first-order valence-corrected chi connectivity index (χ1v) is 7.12. The van der Waals surface area contributed by atoms with Crippen LogP contribution in [0.5, 0.6) is 0 Å². The highest BCUT2D eigenvalue weighted by Crippen LogP contribution is 2.24. The molecule has 0 bridgehead atoms. The number of carboxylic acids is 1. The maximum Gasteiger partial charge on any atom is 0.339 e. The van der Waals surface area contributed by atoms with E-state index in [0.29, 0.717) is 5.69 Å². The van der Waals surface area contributed by atoms with E-state index < -0.39 is 5.97 Å². The van der Waals surface area contributed by atoms with Crippen LogP contribution >= 0.6 is 11.6 Å². The second-order valence-electron chi connectivity index (χ2n) is 4.70. The van der Waals surface area contributed by atoms with Gasteiger partial charge in [-0.2, -0.15) is 0 Å². The lowest BCUT2D eigenvalue weighted by Gasteiger charge is -2.26. The summed E-state index contributed by atoms with van der Waals surface area (Å²) < 4.78 is 5.29. The average molecular weight is 299 g/mol. The van der Waals surface area contributed by atoms with Gasteiger partial charge in [0.05, 0.1) is 23.9 Å². The van der Waals surface area contributed by atoms with Gasteiger partial charge in [0, 0.05) is 19.6 Å². The first-order chi connectivity index (χ1) is 9.68. The lowest BCUT2D eigenvalue weighted by Crippen LogP contribution is -2.37. The number of ether oxygens (including phenoxy) is 1. The summed E-state index contributed by atoms with van der Waals surface area (Å²) in [5.74, 6) is -1.01. The molecule has 6 heteroatoms. The van der Waals surface area contributed by atoms with Crippen LogP contribution in [0.15, 0.2) is 18.2 Å². The van der Waals surface area contributed by atoms with E-state index in [1.165, 1.54) is 0 Å². The number of anilines is 1. The van der Waals surface area contributed by atoms with Crippen LogP contribution < -0.4 is 5.32 Å². The minimum absolute atomic E-state index is 0.139. The van der Waals surface area contributed by atoms with Crippen molar-refractivity contribution >= 4 is 23.3 Å². The number of benzene rings is 1. The molecule has 0 spiro atoms. The van der Waals surface area contributed by atoms with E-state index in [9.17, 15) is 4.79 Å². The number of nitrogens with zero attached hydrogens (tertiary/aromatic N) is 1. The number of carboxylic acid groups (broad SMARTS) is 1. The van der Waals surface area contributed by atoms with Crippen molar-refractivity contribution in [3.63, 3.8) is 0 Å². The van der Waals surface area contributed by atoms with Gasteiger partial charge in [-0.25, -0.2) is 4.79 Å². The SMILES string of the molecule is O=C(O)c1c(Cl)cccc1NCCCN1CCOCC1. The van der Waals surface area contributed by atoms with Gasteiger partial charge in [0.2, 0.25) is 0 Å². The smallest absolute Gasteiger partial charge is 0.339 e. The number of aromatic carboxylic acids is 1. The molecule has 1 aliphatic rings. The molecule has 1 heterocycles. The molecule has 1 fully saturated rings. The van der Waals surface area contributed by atoms with E-state index in [1.807, 2.05) is 0 Å². The van der Waals surface area contributed by atoms with E-state index in [0.717, 1.165) is 45.8 Å². The Labute approximate surface area is 123 Å². The summed E-state index contributed by atoms with van der Waals surface area (Å²) in [5, 5.41) is 12.6. The summed E-state index contributed by atoms with van der Waals surface area (Å²) >= 11 is 5.92. The molecular formula is C14H19ClN2O3. The van der Waals surface area contributed by atoms with Gasteiger partial charge < -0.3 is 15.2 Å². The van der Waals surface area contributed by atoms with Gasteiger partial charge in [-0.1, -0.05) is 17.7 Å². The van der Waals surface area contributed by atoms with Gasteiger partial charge in [-0.3, -0.25) is 4.90 Å². The van der Waals surface area contributed by atoms with Crippen LogP contribution in [-0.2, 0) is 4.74 Å². The average Bonchev–Trinajstić information content (AvgIpc) is 2.44. The Balaban J connectivity index is 1.82. The fourth-order valence-electron chi connectivity index (χ4n) is 2.24. The monoisotopic (exact) mass is 298 g/mol. The highest BCUT2D eigenvalue weighted by Gasteiger charge is 2.14. The highest BCUT2D eigenvalue weighted by atomic mass is 35.5. The molecule has 0 saturated carbocycles. The molecule has 0 amide bonds. The van der Waals surface area contributed by atoms with Crippen molar-refractivity contribution in [2.24, 2.45) is 0 Å². The molecule has 0 unspecified atom stereocenters. The van der Waals surface area contributed by atoms with Crippen molar-refractivity contribution in [3.8, 4) is 0 Å². The zero-order chi connectivity index (χ0) is 14.4. The molecule has 110 valence electrons. The van der Waals surface area contributed by atoms with Gasteiger partial charge in [-0.05, 0) is 25.1 Å². The van der Waals surface area contributed by atoms with Crippen LogP contribution in [0.3, 0.4) is 0 Å². The summed E-state index contributed by atoms with van der Waals surface area (Å²) in [4.78, 5) is 13.5. The number of hydrogen-bond acceptors (Lipinski definition) is 4. The Morgan fingerprint density at radius 2 is 2.15 bits per heavy atom. The molecule has 0 aliphatic carbocycles. The second-order valence-corrected chi connectivity index (χ2v) is 5.11. The number of carbonyl (C=O) groups is 1. The fourth-order valence-corrected chi connectivity index (χ4v) is 2.49. The summed E-state index contributed by atoms with van der Waals surface area (Å²) in [5.41, 5.74) is 0.715. The van der Waals surface area contributed by atoms with Crippen LogP contribution in [0.2, 0.25) is 5.02 Å². The predicted molar refractivity (Wildman–Crippen MR) is 78.8 cm³/mol. The molecule has 1 aliphatic heterocycles.